The van der Waals surface area contributed by atoms with Gasteiger partial charge >= 0.3 is 6.36 Å². The van der Waals surface area contributed by atoms with Gasteiger partial charge in [-0.05, 0) is 12.1 Å². The monoisotopic (exact) mass is 333 g/mol. The molecule has 0 spiro atoms. The van der Waals surface area contributed by atoms with Crippen molar-refractivity contribution in [3.05, 3.63) is 24.3 Å². The first-order chi connectivity index (χ1) is 7.73. The third-order valence-electron chi connectivity index (χ3n) is 1.52. The van der Waals surface area contributed by atoms with E-state index in [-0.39, 0.29) is 5.69 Å². The quantitative estimate of drug-likeness (QED) is 0.862. The highest BCUT2D eigenvalue weighted by atomic mass is 79.9. The first kappa shape index (κ1) is 14.1. The molecule has 1 aromatic carbocycles. The zero-order valence-electron chi connectivity index (χ0n) is 8.16. The molecule has 0 saturated heterocycles. The van der Waals surface area contributed by atoms with Crippen LogP contribution in [0, 0.1) is 0 Å². The van der Waals surface area contributed by atoms with Crippen molar-refractivity contribution in [3.8, 4) is 5.75 Å². The molecule has 0 amide bonds. The Morgan fingerprint density at radius 3 is 2.41 bits per heavy atom. The van der Waals surface area contributed by atoms with Gasteiger partial charge in [0.2, 0.25) is 10.0 Å². The SMILES string of the molecule is O=S(=O)(CBr)Nc1ccccc1OC(F)(F)F. The lowest BCUT2D eigenvalue weighted by Crippen LogP contribution is -2.20. The first-order valence-corrected chi connectivity index (χ1v) is 6.92. The van der Waals surface area contributed by atoms with E-state index in [9.17, 15) is 21.6 Å². The standard InChI is InChI=1S/C8H7BrF3NO3S/c9-5-17(14,15)13-6-3-1-2-4-7(6)16-8(10,11)12/h1-4,13H,5H2. The Morgan fingerprint density at radius 2 is 1.88 bits per heavy atom. The van der Waals surface area contributed by atoms with E-state index in [4.69, 9.17) is 0 Å². The van der Waals surface area contributed by atoms with Crippen LogP contribution in [0.5, 0.6) is 5.75 Å². The minimum absolute atomic E-state index is 0.274. The summed E-state index contributed by atoms with van der Waals surface area (Å²) >= 11 is 2.70. The summed E-state index contributed by atoms with van der Waals surface area (Å²) in [6, 6.07) is 4.86. The highest BCUT2D eigenvalue weighted by Gasteiger charge is 2.32. The summed E-state index contributed by atoms with van der Waals surface area (Å²) < 4.78 is 63.7. The number of nitrogens with one attached hydrogen (secondary N) is 1. The number of sulfonamides is 1. The summed E-state index contributed by atoms with van der Waals surface area (Å²) in [5, 5.41) is 0. The topological polar surface area (TPSA) is 55.4 Å². The minimum atomic E-state index is -4.88. The molecular formula is C8H7BrF3NO3S. The lowest BCUT2D eigenvalue weighted by molar-refractivity contribution is -0.274. The summed E-state index contributed by atoms with van der Waals surface area (Å²) in [7, 11) is -3.73. The Labute approximate surface area is 104 Å². The van der Waals surface area contributed by atoms with E-state index in [0.29, 0.717) is 0 Å². The number of hydrogen-bond acceptors (Lipinski definition) is 3. The molecule has 0 atom stereocenters. The maximum absolute atomic E-state index is 12.0. The fourth-order valence-corrected chi connectivity index (χ4v) is 1.86. The largest absolute Gasteiger partial charge is 0.573 e. The van der Waals surface area contributed by atoms with Gasteiger partial charge < -0.3 is 4.74 Å². The van der Waals surface area contributed by atoms with Crippen molar-refractivity contribution in [3.63, 3.8) is 0 Å². The van der Waals surface area contributed by atoms with Gasteiger partial charge in [0, 0.05) is 0 Å². The summed E-state index contributed by atoms with van der Waals surface area (Å²) in [4.78, 5) is 0. The van der Waals surface area contributed by atoms with Crippen molar-refractivity contribution < 1.29 is 26.3 Å². The van der Waals surface area contributed by atoms with Crippen LogP contribution in [0.2, 0.25) is 0 Å². The van der Waals surface area contributed by atoms with Gasteiger partial charge in [-0.1, -0.05) is 28.1 Å². The molecule has 0 heterocycles. The zero-order chi connectivity index (χ0) is 13.1. The molecule has 0 aliphatic carbocycles. The fourth-order valence-electron chi connectivity index (χ4n) is 0.959. The Bertz CT molecular complexity index is 489. The van der Waals surface area contributed by atoms with Crippen LogP contribution in [-0.4, -0.2) is 19.4 Å². The Hall–Kier alpha value is -0.960. The van der Waals surface area contributed by atoms with Crippen molar-refractivity contribution in [1.82, 2.24) is 0 Å². The molecule has 9 heteroatoms. The van der Waals surface area contributed by atoms with Gasteiger partial charge in [0.15, 0.2) is 5.75 Å². The van der Waals surface area contributed by atoms with Crippen LogP contribution in [0.25, 0.3) is 0 Å². The van der Waals surface area contributed by atoms with Crippen LogP contribution in [0.1, 0.15) is 0 Å². The van der Waals surface area contributed by atoms with Gasteiger partial charge in [-0.2, -0.15) is 0 Å². The number of ether oxygens (including phenoxy) is 1. The third-order valence-corrected chi connectivity index (χ3v) is 4.15. The number of halogens is 4. The average Bonchev–Trinajstić information content (AvgIpc) is 2.19. The molecule has 1 rings (SSSR count). The molecule has 0 saturated carbocycles. The van der Waals surface area contributed by atoms with Crippen molar-refractivity contribution in [2.75, 3.05) is 9.38 Å². The van der Waals surface area contributed by atoms with Crippen LogP contribution in [0.3, 0.4) is 0 Å². The van der Waals surface area contributed by atoms with Crippen molar-refractivity contribution >= 4 is 31.6 Å². The predicted octanol–water partition coefficient (Wildman–Crippen LogP) is 2.68. The minimum Gasteiger partial charge on any atom is -0.404 e. The number of hydrogen-bond donors (Lipinski definition) is 1. The van der Waals surface area contributed by atoms with E-state index >= 15 is 0 Å². The van der Waals surface area contributed by atoms with E-state index in [1.807, 2.05) is 4.72 Å². The first-order valence-electron chi connectivity index (χ1n) is 4.15. The van der Waals surface area contributed by atoms with Crippen LogP contribution in [0.15, 0.2) is 24.3 Å². The molecule has 0 fully saturated rings. The molecule has 0 aliphatic heterocycles. The molecule has 0 bridgehead atoms. The molecule has 4 nitrogen and oxygen atoms in total. The number of anilines is 1. The zero-order valence-corrected chi connectivity index (χ0v) is 10.6. The highest BCUT2D eigenvalue weighted by molar-refractivity contribution is 9.10. The summed E-state index contributed by atoms with van der Waals surface area (Å²) in [6.07, 6.45) is -4.88. The lowest BCUT2D eigenvalue weighted by Gasteiger charge is -2.13. The number of benzene rings is 1. The second kappa shape index (κ2) is 5.13. The Morgan fingerprint density at radius 1 is 1.29 bits per heavy atom. The molecule has 17 heavy (non-hydrogen) atoms. The Kier molecular flexibility index (Phi) is 4.26. The number of para-hydroxylation sites is 2. The van der Waals surface area contributed by atoms with Gasteiger partial charge in [0.05, 0.1) is 5.69 Å². The highest BCUT2D eigenvalue weighted by Crippen LogP contribution is 2.30. The predicted molar refractivity (Wildman–Crippen MR) is 59.5 cm³/mol. The molecule has 1 aromatic rings. The second-order valence-electron chi connectivity index (χ2n) is 2.87. The Balaban J connectivity index is 3.01. The van der Waals surface area contributed by atoms with E-state index in [1.165, 1.54) is 18.2 Å². The molecule has 0 aromatic heterocycles. The average molecular weight is 334 g/mol. The van der Waals surface area contributed by atoms with Gasteiger partial charge in [0.25, 0.3) is 0 Å². The second-order valence-corrected chi connectivity index (χ2v) is 5.90. The molecular weight excluding hydrogens is 327 g/mol. The summed E-state index contributed by atoms with van der Waals surface area (Å²) in [5.74, 6) is -0.607. The summed E-state index contributed by atoms with van der Waals surface area (Å²) in [6.45, 7) is 0. The molecule has 96 valence electrons. The van der Waals surface area contributed by atoms with E-state index < -0.39 is 26.8 Å². The van der Waals surface area contributed by atoms with Crippen LogP contribution in [0.4, 0.5) is 18.9 Å². The fraction of sp³-hybridized carbons (Fsp3) is 0.250. The van der Waals surface area contributed by atoms with Crippen molar-refractivity contribution in [2.45, 2.75) is 6.36 Å². The molecule has 0 unspecified atom stereocenters. The maximum Gasteiger partial charge on any atom is 0.573 e. The lowest BCUT2D eigenvalue weighted by atomic mass is 10.3. The van der Waals surface area contributed by atoms with E-state index in [2.05, 4.69) is 20.7 Å². The van der Waals surface area contributed by atoms with Crippen LogP contribution < -0.4 is 9.46 Å². The van der Waals surface area contributed by atoms with Crippen molar-refractivity contribution in [1.29, 1.82) is 0 Å². The summed E-state index contributed by atoms with van der Waals surface area (Å²) in [5.41, 5.74) is -0.274. The van der Waals surface area contributed by atoms with Gasteiger partial charge in [-0.25, -0.2) is 8.42 Å². The van der Waals surface area contributed by atoms with E-state index in [1.54, 1.807) is 0 Å². The molecule has 0 radical (unpaired) electrons. The van der Waals surface area contributed by atoms with Crippen LogP contribution in [-0.2, 0) is 10.0 Å². The normalized spacial score (nSPS) is 12.2. The van der Waals surface area contributed by atoms with Crippen molar-refractivity contribution in [2.24, 2.45) is 0 Å². The molecule has 1 N–H and O–H groups in total. The third kappa shape index (κ3) is 4.82. The number of rotatable bonds is 4. The van der Waals surface area contributed by atoms with Gasteiger partial charge in [-0.15, -0.1) is 13.2 Å². The van der Waals surface area contributed by atoms with E-state index in [0.717, 1.165) is 6.07 Å². The smallest absolute Gasteiger partial charge is 0.404 e. The molecule has 0 aliphatic rings. The maximum atomic E-state index is 12.0. The van der Waals surface area contributed by atoms with Gasteiger partial charge in [-0.3, -0.25) is 4.72 Å². The van der Waals surface area contributed by atoms with Gasteiger partial charge in [0.1, 0.15) is 4.66 Å². The van der Waals surface area contributed by atoms with Crippen LogP contribution >= 0.6 is 15.9 Å². The number of alkyl halides is 4.